The van der Waals surface area contributed by atoms with Crippen molar-refractivity contribution in [3.63, 3.8) is 0 Å². The maximum atomic E-state index is 5.93. The molecule has 0 radical (unpaired) electrons. The number of fused-ring (bicyclic) bond motifs is 3. The highest BCUT2D eigenvalue weighted by atomic mass is 16.5. The van der Waals surface area contributed by atoms with E-state index < -0.39 is 0 Å². The van der Waals surface area contributed by atoms with E-state index in [9.17, 15) is 0 Å². The maximum absolute atomic E-state index is 5.93. The summed E-state index contributed by atoms with van der Waals surface area (Å²) in [7, 11) is 1.70. The van der Waals surface area contributed by atoms with Crippen molar-refractivity contribution in [1.29, 1.82) is 0 Å². The highest BCUT2D eigenvalue weighted by molar-refractivity contribution is 6.10. The third kappa shape index (κ3) is 6.68. The van der Waals surface area contributed by atoms with E-state index in [4.69, 9.17) is 18.9 Å². The fraction of sp³-hybridized carbons (Fsp3) is 0.231. The molecule has 5 aromatic carbocycles. The molecule has 45 heavy (non-hydrogen) atoms. The fourth-order valence-corrected chi connectivity index (χ4v) is 5.71. The molecule has 6 aromatic rings. The highest BCUT2D eigenvalue weighted by Gasteiger charge is 2.17. The van der Waals surface area contributed by atoms with Crippen LogP contribution in [-0.2, 0) is 15.9 Å². The first kappa shape index (κ1) is 30.3. The Morgan fingerprint density at radius 3 is 1.91 bits per heavy atom. The first-order valence-corrected chi connectivity index (χ1v) is 15.6. The Bertz CT molecular complexity index is 1780. The van der Waals surface area contributed by atoms with Gasteiger partial charge in [0.15, 0.2) is 0 Å². The van der Waals surface area contributed by atoms with Crippen LogP contribution in [0.1, 0.15) is 19.4 Å². The topological polar surface area (TPSA) is 45.1 Å². The second-order valence-electron chi connectivity index (χ2n) is 10.8. The minimum atomic E-state index is 0.496. The average molecular weight is 601 g/mol. The number of benzene rings is 5. The first-order chi connectivity index (χ1) is 22.2. The van der Waals surface area contributed by atoms with E-state index in [0.717, 1.165) is 51.7 Å². The third-order valence-corrected chi connectivity index (χ3v) is 8.02. The van der Waals surface area contributed by atoms with Crippen molar-refractivity contribution in [2.75, 3.05) is 45.0 Å². The van der Waals surface area contributed by atoms with E-state index in [2.05, 4.69) is 107 Å². The Hall–Kier alpha value is -4.78. The molecule has 0 spiro atoms. The second-order valence-corrected chi connectivity index (χ2v) is 10.8. The third-order valence-electron chi connectivity index (χ3n) is 8.02. The maximum Gasteiger partial charge on any atom is 0.119 e. The monoisotopic (exact) mass is 600 g/mol. The number of para-hydroxylation sites is 1. The molecular weight excluding hydrogens is 560 g/mol. The van der Waals surface area contributed by atoms with E-state index in [1.165, 1.54) is 16.3 Å². The Morgan fingerprint density at radius 2 is 1.20 bits per heavy atom. The molecule has 0 amide bonds. The molecule has 6 heteroatoms. The largest absolute Gasteiger partial charge is 0.497 e. The van der Waals surface area contributed by atoms with E-state index in [1.54, 1.807) is 7.11 Å². The Labute approximate surface area is 265 Å². The number of aryl methyl sites for hydroxylation is 1. The molecule has 0 saturated carbocycles. The van der Waals surface area contributed by atoms with Crippen LogP contribution in [0, 0.1) is 0 Å². The lowest BCUT2D eigenvalue weighted by Crippen LogP contribution is -2.10. The number of hydrogen-bond acceptors (Lipinski definition) is 5. The van der Waals surface area contributed by atoms with Gasteiger partial charge in [-0.05, 0) is 104 Å². The molecular formula is C39H40N2O4. The molecule has 1 heterocycles. The van der Waals surface area contributed by atoms with Gasteiger partial charge in [0.2, 0.25) is 0 Å². The van der Waals surface area contributed by atoms with Gasteiger partial charge in [-0.2, -0.15) is 0 Å². The van der Waals surface area contributed by atoms with Crippen molar-refractivity contribution in [3.8, 4) is 17.2 Å². The van der Waals surface area contributed by atoms with Crippen molar-refractivity contribution in [2.24, 2.45) is 0 Å². The molecule has 0 aliphatic heterocycles. The van der Waals surface area contributed by atoms with Gasteiger partial charge < -0.3 is 28.4 Å². The standard InChI is InChI=1S/C39H40N2O4/c1-4-29-10-12-30(13-11-29)40(31-14-19-34(42-3)20-15-31)33-18-23-39-37(28-33)36-8-6-7-9-38(36)41(39)32-16-21-35(22-17-32)45-27-26-44-25-24-43-5-2/h6-23,28H,4-5,24-27H2,1-3H3. The summed E-state index contributed by atoms with van der Waals surface area (Å²) < 4.78 is 24.6. The van der Waals surface area contributed by atoms with Crippen LogP contribution >= 0.6 is 0 Å². The Balaban J connectivity index is 1.34. The summed E-state index contributed by atoms with van der Waals surface area (Å²) in [5, 5.41) is 2.39. The fourth-order valence-electron chi connectivity index (χ4n) is 5.71. The summed E-state index contributed by atoms with van der Waals surface area (Å²) in [6.45, 7) is 7.08. The normalized spacial score (nSPS) is 11.3. The van der Waals surface area contributed by atoms with Crippen molar-refractivity contribution < 1.29 is 18.9 Å². The van der Waals surface area contributed by atoms with Crippen molar-refractivity contribution >= 4 is 38.9 Å². The van der Waals surface area contributed by atoms with E-state index in [1.807, 2.05) is 31.2 Å². The van der Waals surface area contributed by atoms with Crippen LogP contribution in [0.15, 0.2) is 115 Å². The second kappa shape index (κ2) is 14.3. The van der Waals surface area contributed by atoms with Crippen LogP contribution in [0.4, 0.5) is 17.1 Å². The molecule has 1 aromatic heterocycles. The minimum Gasteiger partial charge on any atom is -0.497 e. The lowest BCUT2D eigenvalue weighted by atomic mass is 10.1. The molecule has 0 atom stereocenters. The molecule has 0 fully saturated rings. The molecule has 0 aliphatic carbocycles. The summed E-state index contributed by atoms with van der Waals surface area (Å²) in [5.74, 6) is 1.65. The van der Waals surface area contributed by atoms with Gasteiger partial charge in [0, 0.05) is 40.1 Å². The van der Waals surface area contributed by atoms with Crippen LogP contribution < -0.4 is 14.4 Å². The highest BCUT2D eigenvalue weighted by Crippen LogP contribution is 2.40. The predicted octanol–water partition coefficient (Wildman–Crippen LogP) is 9.26. The summed E-state index contributed by atoms with van der Waals surface area (Å²) in [6, 6.07) is 40.7. The van der Waals surface area contributed by atoms with Gasteiger partial charge in [-0.3, -0.25) is 0 Å². The van der Waals surface area contributed by atoms with Crippen molar-refractivity contribution in [3.05, 3.63) is 121 Å². The van der Waals surface area contributed by atoms with E-state index in [0.29, 0.717) is 33.0 Å². The zero-order valence-electron chi connectivity index (χ0n) is 26.2. The van der Waals surface area contributed by atoms with Crippen LogP contribution in [0.3, 0.4) is 0 Å². The molecule has 0 aliphatic rings. The SMILES string of the molecule is CCOCCOCCOc1ccc(-n2c3ccccc3c3cc(N(c4ccc(CC)cc4)c4ccc(OC)cc4)ccc32)cc1. The predicted molar refractivity (Wildman–Crippen MR) is 184 cm³/mol. The van der Waals surface area contributed by atoms with E-state index >= 15 is 0 Å². The summed E-state index contributed by atoms with van der Waals surface area (Å²) in [5.41, 5.74) is 7.96. The van der Waals surface area contributed by atoms with Crippen LogP contribution in [-0.4, -0.2) is 44.7 Å². The average Bonchev–Trinajstić information content (AvgIpc) is 3.42. The lowest BCUT2D eigenvalue weighted by Gasteiger charge is -2.26. The van der Waals surface area contributed by atoms with Crippen molar-refractivity contribution in [2.45, 2.75) is 20.3 Å². The van der Waals surface area contributed by atoms with Crippen LogP contribution in [0.2, 0.25) is 0 Å². The van der Waals surface area contributed by atoms with Gasteiger partial charge in [0.1, 0.15) is 18.1 Å². The molecule has 0 unspecified atom stereocenters. The number of anilines is 3. The van der Waals surface area contributed by atoms with Gasteiger partial charge in [0.05, 0.1) is 38.0 Å². The quantitative estimate of drug-likeness (QED) is 0.117. The van der Waals surface area contributed by atoms with Gasteiger partial charge >= 0.3 is 0 Å². The smallest absolute Gasteiger partial charge is 0.119 e. The Morgan fingerprint density at radius 1 is 0.578 bits per heavy atom. The van der Waals surface area contributed by atoms with Crippen LogP contribution in [0.5, 0.6) is 11.5 Å². The Kier molecular flexibility index (Phi) is 9.64. The lowest BCUT2D eigenvalue weighted by molar-refractivity contribution is 0.0405. The zero-order chi connectivity index (χ0) is 31.0. The number of hydrogen-bond donors (Lipinski definition) is 0. The molecule has 6 rings (SSSR count). The van der Waals surface area contributed by atoms with Gasteiger partial charge in [-0.1, -0.05) is 37.3 Å². The first-order valence-electron chi connectivity index (χ1n) is 15.6. The van der Waals surface area contributed by atoms with Gasteiger partial charge in [-0.15, -0.1) is 0 Å². The molecule has 230 valence electrons. The summed E-state index contributed by atoms with van der Waals surface area (Å²) in [4.78, 5) is 2.30. The molecule has 6 nitrogen and oxygen atoms in total. The minimum absolute atomic E-state index is 0.496. The molecule has 0 saturated heterocycles. The van der Waals surface area contributed by atoms with Crippen molar-refractivity contribution in [1.82, 2.24) is 4.57 Å². The zero-order valence-corrected chi connectivity index (χ0v) is 26.2. The molecule has 0 N–H and O–H groups in total. The van der Waals surface area contributed by atoms with E-state index in [-0.39, 0.29) is 0 Å². The summed E-state index contributed by atoms with van der Waals surface area (Å²) in [6.07, 6.45) is 1.00. The molecule has 0 bridgehead atoms. The van der Waals surface area contributed by atoms with Gasteiger partial charge in [0.25, 0.3) is 0 Å². The number of ether oxygens (including phenoxy) is 4. The number of rotatable bonds is 14. The number of methoxy groups -OCH3 is 1. The van der Waals surface area contributed by atoms with Crippen LogP contribution in [0.25, 0.3) is 27.5 Å². The van der Waals surface area contributed by atoms with Gasteiger partial charge in [-0.25, -0.2) is 0 Å². The number of nitrogens with zero attached hydrogens (tertiary/aromatic N) is 2. The summed E-state index contributed by atoms with van der Waals surface area (Å²) >= 11 is 0. The number of aromatic nitrogens is 1.